The van der Waals surface area contributed by atoms with Crippen molar-refractivity contribution < 1.29 is 117 Å². The number of nitrogens with zero attached hydrogens (tertiary/aromatic N) is 8. The minimum atomic E-state index is -4.56. The number of halogens is 13. The Labute approximate surface area is 840 Å². The van der Waals surface area contributed by atoms with Gasteiger partial charge in [-0.05, 0) is 275 Å². The molecule has 6 heterocycles. The molecule has 2 amide bonds. The molecule has 142 heavy (non-hydrogen) atoms. The Morgan fingerprint density at radius 2 is 0.704 bits per heavy atom. The van der Waals surface area contributed by atoms with Gasteiger partial charge in [0.2, 0.25) is 11.8 Å². The maximum absolute atomic E-state index is 14.4. The number of rotatable bonds is 18. The summed E-state index contributed by atoms with van der Waals surface area (Å²) in [6, 6.07) is 12.4. The monoisotopic (exact) mass is 2070 g/mol. The Morgan fingerprint density at radius 1 is 0.408 bits per heavy atom. The number of ether oxygens (including phenoxy) is 5. The molecular weight excluding hydrogens is 1940 g/mol. The van der Waals surface area contributed by atoms with E-state index in [1.54, 1.807) is 51.9 Å². The molecule has 18 rings (SSSR count). The van der Waals surface area contributed by atoms with Crippen LogP contribution in [0.25, 0.3) is 16.7 Å². The third-order valence-electron chi connectivity index (χ3n) is 30.8. The normalized spacial score (nSPS) is 25.2. The number of carboxylic acid groups (broad SMARTS) is 2. The second-order valence-electron chi connectivity index (χ2n) is 42.8. The van der Waals surface area contributed by atoms with E-state index in [-0.39, 0.29) is 160 Å². The first-order valence-corrected chi connectivity index (χ1v) is 49.7. The van der Waals surface area contributed by atoms with Gasteiger partial charge in [-0.2, -0.15) is 68.9 Å². The summed E-state index contributed by atoms with van der Waals surface area (Å²) in [5, 5.41) is 36.2. The number of allylic oxidation sites excluding steroid dienone is 6. The molecular formula is C104H124Cl4F9N9O16. The van der Waals surface area contributed by atoms with Gasteiger partial charge in [0.1, 0.15) is 11.2 Å². The van der Waals surface area contributed by atoms with Gasteiger partial charge in [0, 0.05) is 102 Å². The van der Waals surface area contributed by atoms with E-state index < -0.39 is 111 Å². The van der Waals surface area contributed by atoms with Crippen molar-refractivity contribution in [2.75, 3.05) is 60.6 Å². The molecule has 0 radical (unpaired) electrons. The molecule has 3 saturated carbocycles. The highest BCUT2D eigenvalue weighted by molar-refractivity contribution is 6.35. The summed E-state index contributed by atoms with van der Waals surface area (Å²) in [6.07, 6.45) is 0.923. The lowest BCUT2D eigenvalue weighted by molar-refractivity contribution is -0.161. The quantitative estimate of drug-likeness (QED) is 0.0532. The molecule has 38 heteroatoms. The molecule has 3 saturated heterocycles. The number of carboxylic acids is 2. The summed E-state index contributed by atoms with van der Waals surface area (Å²) in [7, 11) is 5.03. The van der Waals surface area contributed by atoms with E-state index in [1.165, 1.54) is 59.3 Å². The van der Waals surface area contributed by atoms with Gasteiger partial charge in [0.05, 0.1) is 123 Å². The molecule has 3 N–H and O–H groups in total. The first kappa shape index (κ1) is 108. The van der Waals surface area contributed by atoms with E-state index >= 15 is 0 Å². The van der Waals surface area contributed by atoms with E-state index in [0.29, 0.717) is 175 Å². The van der Waals surface area contributed by atoms with Crippen LogP contribution in [0.15, 0.2) is 72.8 Å². The summed E-state index contributed by atoms with van der Waals surface area (Å²) in [5.41, 5.74) is -1.74. The second-order valence-corrected chi connectivity index (χ2v) is 44.0. The Morgan fingerprint density at radius 3 is 0.951 bits per heavy atom. The zero-order valence-corrected chi connectivity index (χ0v) is 84.9. The van der Waals surface area contributed by atoms with E-state index in [2.05, 4.69) is 17.3 Å². The van der Waals surface area contributed by atoms with Crippen molar-refractivity contribution in [1.29, 1.82) is 0 Å². The van der Waals surface area contributed by atoms with Crippen LogP contribution < -0.4 is 5.32 Å². The predicted octanol–water partition coefficient (Wildman–Crippen LogP) is 20.3. The lowest BCUT2D eigenvalue weighted by Crippen LogP contribution is -2.40. The van der Waals surface area contributed by atoms with Crippen LogP contribution in [0.5, 0.6) is 0 Å². The van der Waals surface area contributed by atoms with E-state index in [9.17, 15) is 92.9 Å². The zero-order chi connectivity index (χ0) is 102. The molecule has 9 atom stereocenters. The number of likely N-dealkylation sites (tertiary alicyclic amines) is 2. The number of amides is 2. The van der Waals surface area contributed by atoms with Crippen molar-refractivity contribution in [2.24, 2.45) is 35.5 Å². The second kappa shape index (κ2) is 41.2. The number of esters is 2. The topological polar surface area (TPSA) is 312 Å². The summed E-state index contributed by atoms with van der Waals surface area (Å²) in [4.78, 5) is 123. The molecule has 3 aromatic heterocycles. The lowest BCUT2D eigenvalue weighted by Gasteiger charge is -2.29. The summed E-state index contributed by atoms with van der Waals surface area (Å²) >= 11 is 19.4. The fourth-order valence-electron chi connectivity index (χ4n) is 21.6. The minimum absolute atomic E-state index is 0. The van der Waals surface area contributed by atoms with Gasteiger partial charge in [-0.1, -0.05) is 89.4 Å². The number of hydrogen-bond acceptors (Lipinski definition) is 18. The molecule has 9 unspecified atom stereocenters. The Kier molecular flexibility index (Phi) is 31.5. The van der Waals surface area contributed by atoms with Crippen LogP contribution in [-0.4, -0.2) is 210 Å². The van der Waals surface area contributed by atoms with Gasteiger partial charge in [-0.25, -0.2) is 0 Å². The molecule has 6 aromatic rings. The number of aliphatic carboxylic acids is 2. The number of alkyl halides is 9. The first-order valence-electron chi connectivity index (χ1n) is 48.6. The Balaban J connectivity index is 0.000000162. The maximum atomic E-state index is 14.4. The molecule has 0 bridgehead atoms. The smallest absolute Gasteiger partial charge is 0.398 e. The SMILES string of the molecule is CC(C)(C)OC(=O)C1CC=C(c2nn(C(=O)c3c(Cl)cccc3C3(C(F)(F)F)CC3)c3c2CCC(C(=O)O)C3)CC1.COC1(C)CCN(C(=O)C2CCc3c(C4=CCC(C(=O)O)CC4)nn(C(=O)c4c(Cl)cccc4C4(C(F)(F)F)CC4)c3C2)C1.COC1(C)CCN(C(=O)C2CCc3c(C4=CCC(C(=O)OC(C)(C)C)CC4)nn(C(=O)c4c(Cl)cccc4C4(C(F)(F)F)CC4)c3C2)C1.COC1(C)CCNC1.Cl. The van der Waals surface area contributed by atoms with Crippen molar-refractivity contribution in [2.45, 2.75) is 298 Å². The van der Waals surface area contributed by atoms with Crippen LogP contribution in [0.4, 0.5) is 39.5 Å². The summed E-state index contributed by atoms with van der Waals surface area (Å²) in [6.45, 7) is 21.1. The predicted molar refractivity (Wildman–Crippen MR) is 514 cm³/mol. The highest BCUT2D eigenvalue weighted by Crippen LogP contribution is 2.63. The van der Waals surface area contributed by atoms with Gasteiger partial charge >= 0.3 is 42.4 Å². The molecule has 3 aliphatic heterocycles. The van der Waals surface area contributed by atoms with Crippen LogP contribution in [0.3, 0.4) is 0 Å². The zero-order valence-electron chi connectivity index (χ0n) is 81.9. The standard InChI is InChI=1S/C36H43ClF3N3O5.C32H35ClF3N3O5.C30H32ClF3N2O5.C6H13NO.ClH/c1-33(2,3)48-32(46)22-11-9-21(10-12-22)29-24-14-13-23(30(44)42-18-17-34(4,20-42)47-5)19-27(24)43(41-29)31(45)28-25(7-6-8-26(28)37)35(15-16-35)36(38,39)40;1-30(44-2)14-15-38(17-30)27(40)20-10-11-21-24(16-20)39(37-26(21)18-6-8-19(9-7-18)29(42)43)28(41)25-22(4-3-5-23(25)33)31(12-13-31)32(34,35)36;1-28(2,3)41-27(40)17-9-7-16(8-10-17)24-19-12-11-18(26(38)39)15-22(19)36(35-24)25(37)23-20(5-4-6-21(23)31)29(13-14-29)30(32,33)34;1-6(8-2)3-4-7-5-6;/h6-9,22-23H,10-20H2,1-5H3;3-6,19-20H,7-17H2,1-2H3,(H,42,43);4-7,17-18H,8-15H2,1-3H3,(H,38,39);7H,3-5H2,1-2H3;1H. The van der Waals surface area contributed by atoms with Crippen LogP contribution in [-0.2, 0) is 107 Å². The van der Waals surface area contributed by atoms with Crippen molar-refractivity contribution in [1.82, 2.24) is 44.5 Å². The number of methoxy groups -OCH3 is 3. The van der Waals surface area contributed by atoms with Crippen LogP contribution in [0.2, 0.25) is 15.1 Å². The van der Waals surface area contributed by atoms with Crippen molar-refractivity contribution in [3.05, 3.63) is 172 Å². The molecule has 0 spiro atoms. The van der Waals surface area contributed by atoms with E-state index in [1.807, 2.05) is 52.8 Å². The number of benzene rings is 3. The third-order valence-corrected chi connectivity index (χ3v) is 31.8. The Bertz CT molecular complexity index is 6000. The number of nitrogens with one attached hydrogen (secondary N) is 1. The van der Waals surface area contributed by atoms with E-state index in [0.717, 1.165) is 56.7 Å². The number of carbonyl (C=O) groups is 9. The molecule has 6 fully saturated rings. The van der Waals surface area contributed by atoms with Gasteiger partial charge in [0.25, 0.3) is 17.7 Å². The fraction of sp³-hybridized carbons (Fsp3) is 0.596. The van der Waals surface area contributed by atoms with Crippen molar-refractivity contribution in [3.8, 4) is 0 Å². The van der Waals surface area contributed by atoms with Gasteiger partial charge in [0.15, 0.2) is 0 Å². The lowest BCUT2D eigenvalue weighted by atomic mass is 9.82. The minimum Gasteiger partial charge on any atom is -0.481 e. The van der Waals surface area contributed by atoms with Crippen molar-refractivity contribution in [3.63, 3.8) is 0 Å². The molecule has 9 aliphatic carbocycles. The van der Waals surface area contributed by atoms with E-state index in [4.69, 9.17) is 68.7 Å². The van der Waals surface area contributed by atoms with Crippen LogP contribution >= 0.6 is 47.2 Å². The van der Waals surface area contributed by atoms with Crippen LogP contribution in [0, 0.1) is 35.5 Å². The maximum Gasteiger partial charge on any atom is 0.398 e. The molecule has 25 nitrogen and oxygen atoms in total. The average Bonchev–Trinajstić information content (AvgIpc) is 1.58. The summed E-state index contributed by atoms with van der Waals surface area (Å²) < 4.78 is 159. The highest BCUT2D eigenvalue weighted by atomic mass is 35.5. The summed E-state index contributed by atoms with van der Waals surface area (Å²) in [5.74, 6) is -7.60. The van der Waals surface area contributed by atoms with Crippen molar-refractivity contribution >= 4 is 117 Å². The molecule has 772 valence electrons. The Hall–Kier alpha value is -9.29. The van der Waals surface area contributed by atoms with Gasteiger partial charge in [-0.3, -0.25) is 43.2 Å². The largest absolute Gasteiger partial charge is 0.481 e. The van der Waals surface area contributed by atoms with Gasteiger partial charge in [-0.15, -0.1) is 12.4 Å². The third kappa shape index (κ3) is 22.1. The molecule has 12 aliphatic rings. The molecule has 3 aromatic carbocycles. The fourth-order valence-corrected chi connectivity index (χ4v) is 22.4. The number of aromatic nitrogens is 6. The number of fused-ring (bicyclic) bond motifs is 3. The number of hydrogen-bond donors (Lipinski definition) is 3. The van der Waals surface area contributed by atoms with Gasteiger partial charge < -0.3 is 49.0 Å². The first-order chi connectivity index (χ1) is 66.1. The average molecular weight is 2070 g/mol. The van der Waals surface area contributed by atoms with Crippen LogP contribution in [0.1, 0.15) is 296 Å². The number of carbonyl (C=O) groups excluding carboxylic acids is 7. The highest BCUT2D eigenvalue weighted by Gasteiger charge is 2.68.